The van der Waals surface area contributed by atoms with Gasteiger partial charge in [0.1, 0.15) is 0 Å². The Bertz CT molecular complexity index is 739. The van der Waals surface area contributed by atoms with E-state index in [1.54, 1.807) is 0 Å². The molecule has 1 atom stereocenters. The van der Waals surface area contributed by atoms with Crippen molar-refractivity contribution in [2.24, 2.45) is 0 Å². The van der Waals surface area contributed by atoms with Gasteiger partial charge < -0.3 is 0 Å². The lowest BCUT2D eigenvalue weighted by atomic mass is 9.97. The van der Waals surface area contributed by atoms with Crippen molar-refractivity contribution in [2.45, 2.75) is 12.6 Å². The normalized spacial score (nSPS) is 11.8. The van der Waals surface area contributed by atoms with Crippen molar-refractivity contribution >= 4 is 5.78 Å². The van der Waals surface area contributed by atoms with E-state index >= 15 is 0 Å². The smallest absolute Gasteiger partial charge is 0.184 e. The Hall–Kier alpha value is -2.71. The molecule has 0 aliphatic carbocycles. The topological polar surface area (TPSA) is 29.1 Å². The van der Waals surface area contributed by atoms with Crippen LogP contribution in [0.2, 0.25) is 0 Å². The summed E-state index contributed by atoms with van der Waals surface area (Å²) in [5.74, 6) is 0.0905. The van der Waals surface area contributed by atoms with E-state index in [9.17, 15) is 4.79 Å². The lowest BCUT2D eigenvalue weighted by molar-refractivity contribution is 0.0942. The van der Waals surface area contributed by atoms with Crippen LogP contribution >= 0.6 is 0 Å². The van der Waals surface area contributed by atoms with Gasteiger partial charge >= 0.3 is 0 Å². The lowest BCUT2D eigenvalue weighted by Crippen LogP contribution is -2.28. The van der Waals surface area contributed by atoms with Gasteiger partial charge in [0.2, 0.25) is 0 Å². The zero-order chi connectivity index (χ0) is 15.9. The predicted octanol–water partition coefficient (Wildman–Crippen LogP) is 4.40. The monoisotopic (exact) mass is 301 g/mol. The van der Waals surface area contributed by atoms with Crippen molar-refractivity contribution < 1.29 is 4.79 Å². The highest BCUT2D eigenvalue weighted by molar-refractivity contribution is 6.00. The number of ketones is 1. The Morgan fingerprint density at radius 1 is 0.739 bits per heavy atom. The number of hydrogen-bond acceptors (Lipinski definition) is 2. The summed E-state index contributed by atoms with van der Waals surface area (Å²) in [6, 6.07) is 29.1. The van der Waals surface area contributed by atoms with Crippen molar-refractivity contribution in [1.82, 2.24) is 5.32 Å². The lowest BCUT2D eigenvalue weighted by Gasteiger charge is -2.18. The van der Waals surface area contributed by atoms with Gasteiger partial charge in [0, 0.05) is 12.1 Å². The summed E-state index contributed by atoms with van der Waals surface area (Å²) in [6.07, 6.45) is 0. The highest BCUT2D eigenvalue weighted by Crippen LogP contribution is 2.19. The molecular formula is C21H19NO. The Kier molecular flexibility index (Phi) is 4.97. The maximum Gasteiger partial charge on any atom is 0.184 e. The first-order valence-corrected chi connectivity index (χ1v) is 7.76. The van der Waals surface area contributed by atoms with E-state index in [1.165, 1.54) is 0 Å². The minimum Gasteiger partial charge on any atom is -0.299 e. The molecule has 1 unspecified atom stereocenters. The number of nitrogens with one attached hydrogen (secondary N) is 1. The van der Waals surface area contributed by atoms with Crippen LogP contribution in [-0.4, -0.2) is 5.78 Å². The van der Waals surface area contributed by atoms with Gasteiger partial charge in [-0.3, -0.25) is 10.1 Å². The Morgan fingerprint density at radius 3 is 1.87 bits per heavy atom. The molecule has 0 fully saturated rings. The van der Waals surface area contributed by atoms with E-state index in [1.807, 2.05) is 78.9 Å². The van der Waals surface area contributed by atoms with Gasteiger partial charge in [0.15, 0.2) is 5.78 Å². The van der Waals surface area contributed by atoms with Crippen LogP contribution in [0.5, 0.6) is 0 Å². The van der Waals surface area contributed by atoms with E-state index < -0.39 is 0 Å². The summed E-state index contributed by atoms with van der Waals surface area (Å²) in [7, 11) is 0. The maximum absolute atomic E-state index is 12.9. The van der Waals surface area contributed by atoms with E-state index in [-0.39, 0.29) is 11.8 Å². The molecule has 0 saturated carbocycles. The molecule has 0 radical (unpaired) electrons. The van der Waals surface area contributed by atoms with Gasteiger partial charge in [-0.25, -0.2) is 0 Å². The Balaban J connectivity index is 1.84. The summed E-state index contributed by atoms with van der Waals surface area (Å²) in [5, 5.41) is 3.40. The molecule has 3 rings (SSSR count). The van der Waals surface area contributed by atoms with E-state index in [2.05, 4.69) is 17.4 Å². The number of benzene rings is 3. The molecule has 1 N–H and O–H groups in total. The van der Waals surface area contributed by atoms with Crippen LogP contribution in [0.1, 0.15) is 27.5 Å². The first-order chi connectivity index (χ1) is 11.3. The van der Waals surface area contributed by atoms with Crippen molar-refractivity contribution in [3.8, 4) is 0 Å². The van der Waals surface area contributed by atoms with Crippen LogP contribution in [-0.2, 0) is 6.54 Å². The summed E-state index contributed by atoms with van der Waals surface area (Å²) in [4.78, 5) is 12.9. The van der Waals surface area contributed by atoms with Gasteiger partial charge in [-0.1, -0.05) is 91.0 Å². The molecule has 0 aromatic heterocycles. The highest BCUT2D eigenvalue weighted by atomic mass is 16.1. The fourth-order valence-electron chi connectivity index (χ4n) is 2.59. The summed E-state index contributed by atoms with van der Waals surface area (Å²) in [5.41, 5.74) is 2.87. The molecule has 114 valence electrons. The highest BCUT2D eigenvalue weighted by Gasteiger charge is 2.21. The summed E-state index contributed by atoms with van der Waals surface area (Å²) >= 11 is 0. The van der Waals surface area contributed by atoms with Crippen LogP contribution in [0.15, 0.2) is 91.0 Å². The summed E-state index contributed by atoms with van der Waals surface area (Å²) < 4.78 is 0. The zero-order valence-electron chi connectivity index (χ0n) is 12.9. The quantitative estimate of drug-likeness (QED) is 0.684. The molecule has 0 heterocycles. The number of hydrogen-bond donors (Lipinski definition) is 1. The van der Waals surface area contributed by atoms with Crippen molar-refractivity contribution in [3.05, 3.63) is 108 Å². The molecule has 0 bridgehead atoms. The largest absolute Gasteiger partial charge is 0.299 e. The molecule has 2 heteroatoms. The van der Waals surface area contributed by atoms with Gasteiger partial charge in [-0.15, -0.1) is 0 Å². The minimum absolute atomic E-state index is 0.0905. The first-order valence-electron chi connectivity index (χ1n) is 7.76. The van der Waals surface area contributed by atoms with E-state index in [4.69, 9.17) is 0 Å². The molecule has 0 saturated heterocycles. The SMILES string of the molecule is O=C(c1ccccc1)C(NCc1ccccc1)c1ccccc1. The molecule has 3 aromatic rings. The first kappa shape index (κ1) is 15.2. The number of carbonyl (C=O) groups excluding carboxylic acids is 1. The van der Waals surface area contributed by atoms with Gasteiger partial charge in [0.25, 0.3) is 0 Å². The molecule has 0 spiro atoms. The van der Waals surface area contributed by atoms with E-state index in [0.29, 0.717) is 6.54 Å². The third-order valence-corrected chi connectivity index (χ3v) is 3.81. The molecule has 0 aliphatic heterocycles. The second kappa shape index (κ2) is 7.52. The second-order valence-electron chi connectivity index (χ2n) is 5.44. The predicted molar refractivity (Wildman–Crippen MR) is 93.2 cm³/mol. The van der Waals surface area contributed by atoms with Crippen LogP contribution in [0.25, 0.3) is 0 Å². The third kappa shape index (κ3) is 3.93. The van der Waals surface area contributed by atoms with Crippen molar-refractivity contribution in [3.63, 3.8) is 0 Å². The summed E-state index contributed by atoms with van der Waals surface area (Å²) in [6.45, 7) is 0.652. The van der Waals surface area contributed by atoms with Gasteiger partial charge in [0.05, 0.1) is 6.04 Å². The van der Waals surface area contributed by atoms with Crippen LogP contribution in [0, 0.1) is 0 Å². The fourth-order valence-corrected chi connectivity index (χ4v) is 2.59. The van der Waals surface area contributed by atoms with Gasteiger partial charge in [-0.2, -0.15) is 0 Å². The molecular weight excluding hydrogens is 282 g/mol. The number of rotatable bonds is 6. The third-order valence-electron chi connectivity index (χ3n) is 3.81. The number of Topliss-reactive ketones (excluding diaryl/α,β-unsaturated/α-hetero) is 1. The average molecular weight is 301 g/mol. The molecule has 2 nitrogen and oxygen atoms in total. The van der Waals surface area contributed by atoms with Crippen LogP contribution in [0.4, 0.5) is 0 Å². The van der Waals surface area contributed by atoms with E-state index in [0.717, 1.165) is 16.7 Å². The Morgan fingerprint density at radius 2 is 1.26 bits per heavy atom. The molecule has 0 amide bonds. The molecule has 3 aromatic carbocycles. The standard InChI is InChI=1S/C21H19NO/c23-21(19-14-8-3-9-15-19)20(18-12-6-2-7-13-18)22-16-17-10-4-1-5-11-17/h1-15,20,22H,16H2. The van der Waals surface area contributed by atoms with Crippen LogP contribution in [0.3, 0.4) is 0 Å². The van der Waals surface area contributed by atoms with Gasteiger partial charge in [-0.05, 0) is 11.1 Å². The van der Waals surface area contributed by atoms with Crippen molar-refractivity contribution in [1.29, 1.82) is 0 Å². The maximum atomic E-state index is 12.9. The van der Waals surface area contributed by atoms with Crippen LogP contribution < -0.4 is 5.32 Å². The molecule has 23 heavy (non-hydrogen) atoms. The zero-order valence-corrected chi connectivity index (χ0v) is 12.9. The minimum atomic E-state index is -0.348. The Labute approximate surface area is 136 Å². The number of carbonyl (C=O) groups is 1. The average Bonchev–Trinajstić information content (AvgIpc) is 2.64. The fraction of sp³-hybridized carbons (Fsp3) is 0.0952. The molecule has 0 aliphatic rings. The second-order valence-corrected chi connectivity index (χ2v) is 5.44. The van der Waals surface area contributed by atoms with Crippen molar-refractivity contribution in [2.75, 3.05) is 0 Å².